The molecule has 27 heavy (non-hydrogen) atoms. The Balaban J connectivity index is 1.20. The number of benzene rings is 2. The second kappa shape index (κ2) is 8.94. The van der Waals surface area contributed by atoms with Gasteiger partial charge in [0.25, 0.3) is 0 Å². The molecule has 3 aromatic rings. The number of nitrogens with zero attached hydrogens (tertiary/aromatic N) is 1. The Kier molecular flexibility index (Phi) is 5.92. The van der Waals surface area contributed by atoms with Crippen molar-refractivity contribution in [2.24, 2.45) is 5.92 Å². The normalized spacial score (nSPS) is 15.1. The second-order valence-corrected chi connectivity index (χ2v) is 7.19. The smallest absolute Gasteiger partial charge is 0.400 e. The lowest BCUT2D eigenvalue weighted by Gasteiger charge is -2.21. The maximum absolute atomic E-state index is 5.82. The molecule has 0 spiro atoms. The number of aromatic nitrogens is 1. The number of hydrogen-bond acceptors (Lipinski definition) is 4. The number of ether oxygens (including phenoxy) is 2. The molecule has 141 valence electrons. The van der Waals surface area contributed by atoms with Crippen molar-refractivity contribution in [2.75, 3.05) is 6.61 Å². The molecule has 1 aromatic heterocycles. The van der Waals surface area contributed by atoms with E-state index in [9.17, 15) is 0 Å². The van der Waals surface area contributed by atoms with Crippen LogP contribution in [0.1, 0.15) is 44.9 Å². The zero-order chi connectivity index (χ0) is 18.3. The summed E-state index contributed by atoms with van der Waals surface area (Å²) in [6, 6.07) is 15.2. The van der Waals surface area contributed by atoms with Gasteiger partial charge in [-0.05, 0) is 61.6 Å². The minimum Gasteiger partial charge on any atom is -0.494 e. The third-order valence-corrected chi connectivity index (χ3v) is 5.12. The van der Waals surface area contributed by atoms with Gasteiger partial charge < -0.3 is 13.9 Å². The fourth-order valence-corrected chi connectivity index (χ4v) is 3.64. The van der Waals surface area contributed by atoms with E-state index in [1.165, 1.54) is 38.5 Å². The van der Waals surface area contributed by atoms with Crippen molar-refractivity contribution in [3.05, 3.63) is 55.0 Å². The van der Waals surface area contributed by atoms with Crippen molar-refractivity contribution in [2.45, 2.75) is 44.9 Å². The van der Waals surface area contributed by atoms with Gasteiger partial charge in [-0.15, -0.1) is 0 Å². The molecule has 1 aliphatic carbocycles. The lowest BCUT2D eigenvalue weighted by Crippen LogP contribution is -2.07. The molecule has 1 aliphatic rings. The molecule has 1 saturated carbocycles. The van der Waals surface area contributed by atoms with Gasteiger partial charge in [-0.25, -0.2) is 0 Å². The molecule has 0 amide bonds. The van der Waals surface area contributed by atoms with Gasteiger partial charge in [0.2, 0.25) is 0 Å². The van der Waals surface area contributed by atoms with Crippen LogP contribution in [0.25, 0.3) is 11.1 Å². The van der Waals surface area contributed by atoms with E-state index in [2.05, 4.69) is 11.4 Å². The van der Waals surface area contributed by atoms with Crippen LogP contribution in [0.4, 0.5) is 0 Å². The first kappa shape index (κ1) is 17.9. The Bertz CT molecular complexity index is 801. The summed E-state index contributed by atoms with van der Waals surface area (Å²) in [7, 11) is 0. The quantitative estimate of drug-likeness (QED) is 0.424. The first-order valence-corrected chi connectivity index (χ1v) is 9.95. The number of hydrogen-bond donors (Lipinski definition) is 0. The highest BCUT2D eigenvalue weighted by molar-refractivity contribution is 5.72. The monoisotopic (exact) mass is 364 g/mol. The van der Waals surface area contributed by atoms with Gasteiger partial charge in [0, 0.05) is 0 Å². The first-order chi connectivity index (χ1) is 13.4. The molecule has 0 atom stereocenters. The topological polar surface area (TPSA) is 44.5 Å². The van der Waals surface area contributed by atoms with E-state index < -0.39 is 0 Å². The summed E-state index contributed by atoms with van der Waals surface area (Å²) >= 11 is 0. The third kappa shape index (κ3) is 5.03. The second-order valence-electron chi connectivity index (χ2n) is 7.19. The van der Waals surface area contributed by atoms with E-state index in [-0.39, 0.29) is 6.08 Å². The van der Waals surface area contributed by atoms with Crippen LogP contribution in [0.2, 0.25) is 0 Å². The first-order valence-electron chi connectivity index (χ1n) is 9.95. The number of rotatable bonds is 8. The standard InChI is InChI=1S/C23H26NO3/c1-2-8-18(9-3-1)10-6-7-17-25-19-13-15-20(16-14-19)26-23-24-21-11-4-5-12-22(21)27-23/h4-6,11-16,18H,1-3,7-10,17H2. The highest BCUT2D eigenvalue weighted by Crippen LogP contribution is 2.28. The Hall–Kier alpha value is -2.49. The molecule has 4 rings (SSSR count). The average molecular weight is 364 g/mol. The van der Waals surface area contributed by atoms with Crippen molar-refractivity contribution in [1.82, 2.24) is 4.98 Å². The summed E-state index contributed by atoms with van der Waals surface area (Å²) in [5, 5.41) is 0. The zero-order valence-electron chi connectivity index (χ0n) is 15.6. The highest BCUT2D eigenvalue weighted by atomic mass is 16.6. The Morgan fingerprint density at radius 3 is 2.56 bits per heavy atom. The zero-order valence-corrected chi connectivity index (χ0v) is 15.6. The average Bonchev–Trinajstić information content (AvgIpc) is 3.12. The van der Waals surface area contributed by atoms with Crippen molar-refractivity contribution in [3.8, 4) is 17.6 Å². The van der Waals surface area contributed by atoms with Crippen LogP contribution >= 0.6 is 0 Å². The molecule has 2 aromatic carbocycles. The van der Waals surface area contributed by atoms with E-state index in [0.29, 0.717) is 5.75 Å². The molecule has 0 saturated heterocycles. The number of oxazole rings is 1. The molecule has 1 radical (unpaired) electrons. The highest BCUT2D eigenvalue weighted by Gasteiger charge is 2.12. The Morgan fingerprint density at radius 1 is 0.963 bits per heavy atom. The van der Waals surface area contributed by atoms with E-state index in [0.717, 1.165) is 35.8 Å². The van der Waals surface area contributed by atoms with Crippen molar-refractivity contribution < 1.29 is 13.9 Å². The van der Waals surface area contributed by atoms with Gasteiger partial charge in [-0.2, -0.15) is 4.98 Å². The molecular formula is C23H26NO3. The molecule has 1 heterocycles. The molecule has 0 unspecified atom stereocenters. The number of para-hydroxylation sites is 2. The molecule has 0 aliphatic heterocycles. The summed E-state index contributed by atoms with van der Waals surface area (Å²) in [5.41, 5.74) is 1.51. The fourth-order valence-electron chi connectivity index (χ4n) is 3.64. The maximum Gasteiger partial charge on any atom is 0.400 e. The Labute approximate surface area is 160 Å². The van der Waals surface area contributed by atoms with Gasteiger partial charge >= 0.3 is 6.08 Å². The van der Waals surface area contributed by atoms with Crippen LogP contribution in [-0.4, -0.2) is 11.6 Å². The van der Waals surface area contributed by atoms with Gasteiger partial charge in [-0.1, -0.05) is 44.2 Å². The van der Waals surface area contributed by atoms with Crippen molar-refractivity contribution in [1.29, 1.82) is 0 Å². The van der Waals surface area contributed by atoms with Gasteiger partial charge in [-0.3, -0.25) is 0 Å². The van der Waals surface area contributed by atoms with Crippen LogP contribution < -0.4 is 9.47 Å². The predicted octanol–water partition coefficient (Wildman–Crippen LogP) is 6.56. The number of fused-ring (bicyclic) bond motifs is 1. The minimum atomic E-state index is 0.252. The van der Waals surface area contributed by atoms with Gasteiger partial charge in [0.05, 0.1) is 6.61 Å². The van der Waals surface area contributed by atoms with E-state index in [1.807, 2.05) is 48.5 Å². The van der Waals surface area contributed by atoms with Crippen LogP contribution in [-0.2, 0) is 0 Å². The summed E-state index contributed by atoms with van der Waals surface area (Å²) in [6.07, 6.45) is 11.9. The van der Waals surface area contributed by atoms with E-state index in [4.69, 9.17) is 13.9 Å². The molecule has 4 nitrogen and oxygen atoms in total. The molecule has 4 heteroatoms. The predicted molar refractivity (Wildman–Crippen MR) is 106 cm³/mol. The lowest BCUT2D eigenvalue weighted by atomic mass is 9.86. The summed E-state index contributed by atoms with van der Waals surface area (Å²) in [4.78, 5) is 4.31. The van der Waals surface area contributed by atoms with Gasteiger partial charge in [0.1, 0.15) is 17.0 Å². The number of unbranched alkanes of at least 4 members (excludes halogenated alkanes) is 1. The molecule has 0 bridgehead atoms. The lowest BCUT2D eigenvalue weighted by molar-refractivity contribution is 0.307. The maximum atomic E-state index is 5.82. The van der Waals surface area contributed by atoms with Crippen LogP contribution in [0, 0.1) is 12.3 Å². The SMILES string of the molecule is [CH](CCOc1ccc(Oc2nc3ccccc3o2)cc1)CC1CCCCC1. The van der Waals surface area contributed by atoms with E-state index >= 15 is 0 Å². The van der Waals surface area contributed by atoms with Gasteiger partial charge in [0.15, 0.2) is 5.58 Å². The fraction of sp³-hybridized carbons (Fsp3) is 0.391. The summed E-state index contributed by atoms with van der Waals surface area (Å²) < 4.78 is 17.1. The molecular weight excluding hydrogens is 338 g/mol. The van der Waals surface area contributed by atoms with E-state index in [1.54, 1.807) is 0 Å². The van der Waals surface area contributed by atoms with Crippen LogP contribution in [0.15, 0.2) is 52.9 Å². The third-order valence-electron chi connectivity index (χ3n) is 5.12. The van der Waals surface area contributed by atoms with Crippen molar-refractivity contribution >= 4 is 11.1 Å². The summed E-state index contributed by atoms with van der Waals surface area (Å²) in [6.45, 7) is 0.720. The molecule has 1 fully saturated rings. The van der Waals surface area contributed by atoms with Crippen LogP contribution in [0.5, 0.6) is 17.6 Å². The largest absolute Gasteiger partial charge is 0.494 e. The minimum absolute atomic E-state index is 0.252. The molecule has 0 N–H and O–H groups in total. The van der Waals surface area contributed by atoms with Crippen molar-refractivity contribution in [3.63, 3.8) is 0 Å². The van der Waals surface area contributed by atoms with Crippen LogP contribution in [0.3, 0.4) is 0 Å². The Morgan fingerprint density at radius 2 is 1.74 bits per heavy atom. The summed E-state index contributed by atoms with van der Waals surface area (Å²) in [5.74, 6) is 2.44.